The highest BCUT2D eigenvalue weighted by molar-refractivity contribution is 9.10. The van der Waals surface area contributed by atoms with E-state index in [4.69, 9.17) is 0 Å². The third kappa shape index (κ3) is 1.99. The summed E-state index contributed by atoms with van der Waals surface area (Å²) in [6, 6.07) is 1.75. The first-order chi connectivity index (χ1) is 7.61. The van der Waals surface area contributed by atoms with Gasteiger partial charge in [-0.25, -0.2) is 13.1 Å². The number of hydrogen-bond donors (Lipinski definition) is 1. The van der Waals surface area contributed by atoms with E-state index in [9.17, 15) is 8.42 Å². The first kappa shape index (κ1) is 13.5. The van der Waals surface area contributed by atoms with Crippen LogP contribution in [0.15, 0.2) is 20.1 Å². The monoisotopic (exact) mass is 337 g/mol. The van der Waals surface area contributed by atoms with Crippen molar-refractivity contribution < 1.29 is 8.42 Å². The molecule has 1 heterocycles. The average Bonchev–Trinajstić information content (AvgIpc) is 2.58. The number of nitrogens with one attached hydrogen (secondary N) is 1. The molecule has 6 heteroatoms. The van der Waals surface area contributed by atoms with E-state index in [1.165, 1.54) is 11.3 Å². The van der Waals surface area contributed by atoms with Crippen LogP contribution in [-0.2, 0) is 10.0 Å². The molecule has 0 saturated heterocycles. The highest BCUT2D eigenvalue weighted by Crippen LogP contribution is 2.63. The van der Waals surface area contributed by atoms with Gasteiger partial charge in [-0.15, -0.1) is 11.3 Å². The van der Waals surface area contributed by atoms with Crippen molar-refractivity contribution in [2.24, 2.45) is 10.8 Å². The van der Waals surface area contributed by atoms with Crippen molar-refractivity contribution >= 4 is 37.3 Å². The van der Waals surface area contributed by atoms with Crippen molar-refractivity contribution in [3.8, 4) is 0 Å². The van der Waals surface area contributed by atoms with Crippen LogP contribution in [-0.4, -0.2) is 14.5 Å². The Bertz CT molecular complexity index is 532. The molecule has 96 valence electrons. The Morgan fingerprint density at radius 1 is 1.29 bits per heavy atom. The molecule has 0 unspecified atom stereocenters. The Balaban J connectivity index is 2.25. The van der Waals surface area contributed by atoms with E-state index in [0.717, 1.165) is 0 Å². The second-order valence-corrected chi connectivity index (χ2v) is 9.23. The van der Waals surface area contributed by atoms with Crippen molar-refractivity contribution in [2.75, 3.05) is 0 Å². The summed E-state index contributed by atoms with van der Waals surface area (Å²) in [6.07, 6.45) is 0. The van der Waals surface area contributed by atoms with Gasteiger partial charge in [0.1, 0.15) is 4.21 Å². The predicted molar refractivity (Wildman–Crippen MR) is 73.7 cm³/mol. The summed E-state index contributed by atoms with van der Waals surface area (Å²) in [7, 11) is -3.40. The molecule has 3 nitrogen and oxygen atoms in total. The van der Waals surface area contributed by atoms with Crippen molar-refractivity contribution in [1.29, 1.82) is 0 Å². The normalized spacial score (nSPS) is 22.6. The van der Waals surface area contributed by atoms with E-state index < -0.39 is 10.0 Å². The van der Waals surface area contributed by atoms with Gasteiger partial charge in [-0.3, -0.25) is 0 Å². The van der Waals surface area contributed by atoms with Gasteiger partial charge < -0.3 is 0 Å². The summed E-state index contributed by atoms with van der Waals surface area (Å²) < 4.78 is 28.2. The molecule has 0 amide bonds. The van der Waals surface area contributed by atoms with E-state index in [2.05, 4.69) is 48.3 Å². The zero-order valence-electron chi connectivity index (χ0n) is 10.2. The number of halogens is 1. The van der Waals surface area contributed by atoms with E-state index in [1.54, 1.807) is 11.4 Å². The largest absolute Gasteiger partial charge is 0.251 e. The third-order valence-corrected chi connectivity index (χ3v) is 8.22. The first-order valence-electron chi connectivity index (χ1n) is 5.36. The summed E-state index contributed by atoms with van der Waals surface area (Å²) in [6.45, 7) is 8.35. The van der Waals surface area contributed by atoms with Crippen LogP contribution < -0.4 is 4.72 Å². The number of hydrogen-bond acceptors (Lipinski definition) is 3. The molecule has 1 aliphatic rings. The lowest BCUT2D eigenvalue weighted by Gasteiger charge is -2.06. The van der Waals surface area contributed by atoms with Crippen LogP contribution in [0, 0.1) is 10.8 Å². The van der Waals surface area contributed by atoms with Gasteiger partial charge in [0.05, 0.1) is 0 Å². The van der Waals surface area contributed by atoms with E-state index in [-0.39, 0.29) is 16.9 Å². The molecule has 0 aliphatic heterocycles. The number of sulfonamides is 1. The molecule has 1 N–H and O–H groups in total. The average molecular weight is 338 g/mol. The van der Waals surface area contributed by atoms with Crippen LogP contribution in [0.2, 0.25) is 0 Å². The van der Waals surface area contributed by atoms with Crippen molar-refractivity contribution in [1.82, 2.24) is 4.72 Å². The lowest BCUT2D eigenvalue weighted by atomic mass is 10.0. The molecule has 1 aliphatic carbocycles. The van der Waals surface area contributed by atoms with Crippen LogP contribution in [0.5, 0.6) is 0 Å². The SMILES string of the molecule is CC1(C)C(NS(=O)(=O)c2sccc2Br)C1(C)C. The van der Waals surface area contributed by atoms with Crippen molar-refractivity contribution in [2.45, 2.75) is 37.9 Å². The standard InChI is InChI=1S/C11H16BrNO2S2/c1-10(2)9(11(10,3)4)13-17(14,15)8-7(12)5-6-16-8/h5-6,9,13H,1-4H3. The van der Waals surface area contributed by atoms with Gasteiger partial charge in [0.15, 0.2) is 0 Å². The van der Waals surface area contributed by atoms with Gasteiger partial charge >= 0.3 is 0 Å². The van der Waals surface area contributed by atoms with Crippen LogP contribution in [0.25, 0.3) is 0 Å². The Kier molecular flexibility index (Phi) is 3.01. The molecule has 1 saturated carbocycles. The maximum Gasteiger partial charge on any atom is 0.251 e. The summed E-state index contributed by atoms with van der Waals surface area (Å²) in [5.74, 6) is 0. The molecule has 17 heavy (non-hydrogen) atoms. The van der Waals surface area contributed by atoms with Crippen molar-refractivity contribution in [3.63, 3.8) is 0 Å². The zero-order valence-corrected chi connectivity index (χ0v) is 13.5. The highest BCUT2D eigenvalue weighted by Gasteiger charge is 2.66. The lowest BCUT2D eigenvalue weighted by molar-refractivity contribution is 0.457. The summed E-state index contributed by atoms with van der Waals surface area (Å²) in [4.78, 5) is 0. The number of thiophene rings is 1. The van der Waals surface area contributed by atoms with Gasteiger partial charge in [-0.2, -0.15) is 0 Å². The molecular weight excluding hydrogens is 322 g/mol. The Morgan fingerprint density at radius 3 is 2.18 bits per heavy atom. The molecule has 0 atom stereocenters. The molecule has 0 radical (unpaired) electrons. The highest BCUT2D eigenvalue weighted by atomic mass is 79.9. The van der Waals surface area contributed by atoms with Gasteiger partial charge in [0.25, 0.3) is 10.0 Å². The quantitative estimate of drug-likeness (QED) is 0.920. The minimum absolute atomic E-state index is 0.00378. The molecule has 1 aromatic rings. The Morgan fingerprint density at radius 2 is 1.82 bits per heavy atom. The minimum atomic E-state index is -3.40. The molecule has 2 rings (SSSR count). The summed E-state index contributed by atoms with van der Waals surface area (Å²) in [5, 5.41) is 1.77. The van der Waals surface area contributed by atoms with Gasteiger partial charge in [0, 0.05) is 10.5 Å². The Hall–Kier alpha value is 0.0900. The van der Waals surface area contributed by atoms with Crippen LogP contribution in [0.3, 0.4) is 0 Å². The van der Waals surface area contributed by atoms with E-state index in [0.29, 0.717) is 8.68 Å². The summed E-state index contributed by atoms with van der Waals surface area (Å²) >= 11 is 4.49. The fourth-order valence-corrected chi connectivity index (χ4v) is 6.06. The predicted octanol–water partition coefficient (Wildman–Crippen LogP) is 3.22. The number of rotatable bonds is 3. The van der Waals surface area contributed by atoms with Crippen LogP contribution in [0.1, 0.15) is 27.7 Å². The molecule has 0 bridgehead atoms. The maximum absolute atomic E-state index is 12.2. The maximum atomic E-state index is 12.2. The summed E-state index contributed by atoms with van der Waals surface area (Å²) in [5.41, 5.74) is 0.00755. The van der Waals surface area contributed by atoms with Crippen molar-refractivity contribution in [3.05, 3.63) is 15.9 Å². The fraction of sp³-hybridized carbons (Fsp3) is 0.636. The van der Waals surface area contributed by atoms with Gasteiger partial charge in [-0.1, -0.05) is 27.7 Å². The molecule has 1 fully saturated rings. The fourth-order valence-electron chi connectivity index (χ4n) is 2.17. The van der Waals surface area contributed by atoms with E-state index >= 15 is 0 Å². The second-order valence-electron chi connectivity index (χ2n) is 5.55. The topological polar surface area (TPSA) is 46.2 Å². The lowest BCUT2D eigenvalue weighted by Crippen LogP contribution is -2.29. The van der Waals surface area contributed by atoms with Gasteiger partial charge in [0.2, 0.25) is 0 Å². The molecular formula is C11H16BrNO2S2. The Labute approximate surface area is 115 Å². The van der Waals surface area contributed by atoms with Crippen LogP contribution in [0.4, 0.5) is 0 Å². The first-order valence-corrected chi connectivity index (χ1v) is 8.51. The second kappa shape index (κ2) is 3.79. The molecule has 0 aromatic carbocycles. The van der Waals surface area contributed by atoms with Gasteiger partial charge in [-0.05, 0) is 38.2 Å². The molecule has 1 aromatic heterocycles. The smallest absolute Gasteiger partial charge is 0.206 e. The van der Waals surface area contributed by atoms with E-state index in [1.807, 2.05) is 0 Å². The zero-order chi connectivity index (χ0) is 13.1. The third-order valence-electron chi connectivity index (χ3n) is 4.12. The molecule has 0 spiro atoms. The van der Waals surface area contributed by atoms with Crippen LogP contribution >= 0.6 is 27.3 Å². The minimum Gasteiger partial charge on any atom is -0.206 e.